The van der Waals surface area contributed by atoms with E-state index in [2.05, 4.69) is 20.6 Å². The van der Waals surface area contributed by atoms with Crippen LogP contribution in [0.5, 0.6) is 0 Å². The molecular weight excluding hydrogens is 446 g/mol. The van der Waals surface area contributed by atoms with Gasteiger partial charge in [0.05, 0.1) is 13.2 Å². The van der Waals surface area contributed by atoms with Crippen LogP contribution in [0.15, 0.2) is 53.3 Å². The van der Waals surface area contributed by atoms with E-state index in [0.29, 0.717) is 60.4 Å². The first kappa shape index (κ1) is 24.2. The SMILES string of the molecule is Cc1ccc(NC(=O)c2ccccc2)cc1NC(=O)CCc1c(C)nc(N2CCOCC2)[nH]c1=O. The van der Waals surface area contributed by atoms with Crippen LogP contribution in [-0.4, -0.2) is 48.1 Å². The highest BCUT2D eigenvalue weighted by atomic mass is 16.5. The highest BCUT2D eigenvalue weighted by Gasteiger charge is 2.17. The van der Waals surface area contributed by atoms with Gasteiger partial charge >= 0.3 is 0 Å². The summed E-state index contributed by atoms with van der Waals surface area (Å²) in [4.78, 5) is 47.1. The number of benzene rings is 2. The second kappa shape index (κ2) is 11.0. The van der Waals surface area contributed by atoms with Crippen LogP contribution in [0.1, 0.15) is 33.6 Å². The van der Waals surface area contributed by atoms with Gasteiger partial charge in [0.15, 0.2) is 0 Å². The van der Waals surface area contributed by atoms with Gasteiger partial charge in [0.2, 0.25) is 11.9 Å². The lowest BCUT2D eigenvalue weighted by molar-refractivity contribution is -0.116. The van der Waals surface area contributed by atoms with E-state index in [-0.39, 0.29) is 30.2 Å². The van der Waals surface area contributed by atoms with Gasteiger partial charge in [-0.2, -0.15) is 0 Å². The zero-order valence-electron chi connectivity index (χ0n) is 19.9. The molecule has 1 aromatic heterocycles. The van der Waals surface area contributed by atoms with Crippen molar-refractivity contribution in [2.75, 3.05) is 41.8 Å². The summed E-state index contributed by atoms with van der Waals surface area (Å²) in [6.07, 6.45) is 0.398. The second-order valence-electron chi connectivity index (χ2n) is 8.45. The number of nitrogens with zero attached hydrogens (tertiary/aromatic N) is 2. The summed E-state index contributed by atoms with van der Waals surface area (Å²) < 4.78 is 5.35. The monoisotopic (exact) mass is 475 g/mol. The van der Waals surface area contributed by atoms with Gasteiger partial charge in [-0.15, -0.1) is 0 Å². The number of nitrogens with one attached hydrogen (secondary N) is 3. The fourth-order valence-electron chi connectivity index (χ4n) is 3.89. The molecule has 1 saturated heterocycles. The van der Waals surface area contributed by atoms with Crippen LogP contribution in [0.2, 0.25) is 0 Å². The molecule has 182 valence electrons. The molecule has 1 aliphatic rings. The Morgan fingerprint density at radius 3 is 2.51 bits per heavy atom. The number of carbonyl (C=O) groups excluding carboxylic acids is 2. The lowest BCUT2D eigenvalue weighted by Gasteiger charge is -2.27. The molecule has 9 heteroatoms. The summed E-state index contributed by atoms with van der Waals surface area (Å²) in [5.41, 5.74) is 3.48. The topological polar surface area (TPSA) is 116 Å². The molecular formula is C26H29N5O4. The summed E-state index contributed by atoms with van der Waals surface area (Å²) in [7, 11) is 0. The molecule has 35 heavy (non-hydrogen) atoms. The van der Waals surface area contributed by atoms with Crippen LogP contribution < -0.4 is 21.1 Å². The van der Waals surface area contributed by atoms with E-state index in [4.69, 9.17) is 4.74 Å². The molecule has 3 aromatic rings. The first-order chi connectivity index (χ1) is 16.9. The maximum absolute atomic E-state index is 12.7. The van der Waals surface area contributed by atoms with Crippen molar-refractivity contribution in [2.45, 2.75) is 26.7 Å². The molecule has 0 aliphatic carbocycles. The predicted octanol–water partition coefficient (Wildman–Crippen LogP) is 3.05. The number of ether oxygens (including phenoxy) is 1. The maximum Gasteiger partial charge on any atom is 0.255 e. The molecule has 2 amide bonds. The lowest BCUT2D eigenvalue weighted by atomic mass is 10.1. The van der Waals surface area contributed by atoms with Crippen molar-refractivity contribution in [1.29, 1.82) is 0 Å². The number of rotatable bonds is 7. The highest BCUT2D eigenvalue weighted by Crippen LogP contribution is 2.21. The van der Waals surface area contributed by atoms with Crippen LogP contribution in [0.3, 0.4) is 0 Å². The number of aromatic nitrogens is 2. The fraction of sp³-hybridized carbons (Fsp3) is 0.308. The Bertz CT molecular complexity index is 1270. The first-order valence-corrected chi connectivity index (χ1v) is 11.6. The smallest absolute Gasteiger partial charge is 0.255 e. The molecule has 1 fully saturated rings. The average Bonchev–Trinajstić information content (AvgIpc) is 2.86. The van der Waals surface area contributed by atoms with E-state index in [9.17, 15) is 14.4 Å². The van der Waals surface area contributed by atoms with E-state index < -0.39 is 0 Å². The van der Waals surface area contributed by atoms with Gasteiger partial charge in [0.25, 0.3) is 11.5 Å². The molecule has 1 aliphatic heterocycles. The Hall–Kier alpha value is -3.98. The average molecular weight is 476 g/mol. The molecule has 3 N–H and O–H groups in total. The number of anilines is 3. The molecule has 0 unspecified atom stereocenters. The van der Waals surface area contributed by atoms with E-state index in [0.717, 1.165) is 5.56 Å². The zero-order chi connectivity index (χ0) is 24.8. The molecule has 0 radical (unpaired) electrons. The van der Waals surface area contributed by atoms with Crippen molar-refractivity contribution < 1.29 is 14.3 Å². The molecule has 2 heterocycles. The van der Waals surface area contributed by atoms with Gasteiger partial charge in [0.1, 0.15) is 0 Å². The number of amides is 2. The van der Waals surface area contributed by atoms with Gasteiger partial charge in [-0.05, 0) is 50.1 Å². The number of morpholine rings is 1. The van der Waals surface area contributed by atoms with E-state index in [1.165, 1.54) is 0 Å². The van der Waals surface area contributed by atoms with Crippen LogP contribution in [0, 0.1) is 13.8 Å². The third-order valence-electron chi connectivity index (χ3n) is 5.93. The highest BCUT2D eigenvalue weighted by molar-refractivity contribution is 6.04. The molecule has 0 atom stereocenters. The van der Waals surface area contributed by atoms with Gasteiger partial charge < -0.3 is 20.3 Å². The minimum Gasteiger partial charge on any atom is -0.378 e. The molecule has 0 saturated carbocycles. The van der Waals surface area contributed by atoms with Gasteiger partial charge in [-0.1, -0.05) is 24.3 Å². The van der Waals surface area contributed by atoms with Crippen molar-refractivity contribution >= 4 is 29.1 Å². The standard InChI is InChI=1S/C26H29N5O4/c1-17-8-9-20(28-24(33)19-6-4-3-5-7-19)16-22(17)29-23(32)11-10-21-18(2)27-26(30-25(21)34)31-12-14-35-15-13-31/h3-9,16H,10-15H2,1-2H3,(H,28,33)(H,29,32)(H,27,30,34). The van der Waals surface area contributed by atoms with Crippen LogP contribution in [0.4, 0.5) is 17.3 Å². The molecule has 0 spiro atoms. The Labute approximate surface area is 203 Å². The third-order valence-corrected chi connectivity index (χ3v) is 5.93. The summed E-state index contributed by atoms with van der Waals surface area (Å²) in [5, 5.41) is 5.74. The minimum atomic E-state index is -0.228. The van der Waals surface area contributed by atoms with E-state index in [1.807, 2.05) is 24.0 Å². The Balaban J connectivity index is 1.38. The number of aromatic amines is 1. The molecule has 4 rings (SSSR count). The third kappa shape index (κ3) is 6.13. The van der Waals surface area contributed by atoms with Crippen molar-refractivity contribution in [3.8, 4) is 0 Å². The predicted molar refractivity (Wildman–Crippen MR) is 135 cm³/mol. The molecule has 2 aromatic carbocycles. The zero-order valence-corrected chi connectivity index (χ0v) is 19.9. The quantitative estimate of drug-likeness (QED) is 0.484. The van der Waals surface area contributed by atoms with Gasteiger partial charge in [-0.3, -0.25) is 19.4 Å². The number of hydrogen-bond donors (Lipinski definition) is 3. The van der Waals surface area contributed by atoms with Crippen molar-refractivity contribution in [3.05, 3.63) is 81.3 Å². The Kier molecular flexibility index (Phi) is 7.57. The van der Waals surface area contributed by atoms with Gasteiger partial charge in [-0.25, -0.2) is 4.98 Å². The Morgan fingerprint density at radius 2 is 1.80 bits per heavy atom. The Morgan fingerprint density at radius 1 is 1.06 bits per heavy atom. The summed E-state index contributed by atoms with van der Waals surface area (Å²) >= 11 is 0. The number of carbonyl (C=O) groups is 2. The van der Waals surface area contributed by atoms with Crippen LogP contribution in [-0.2, 0) is 16.0 Å². The summed E-state index contributed by atoms with van der Waals surface area (Å²) in [5.74, 6) is 0.0825. The normalized spacial score (nSPS) is 13.4. The first-order valence-electron chi connectivity index (χ1n) is 11.6. The minimum absolute atomic E-state index is 0.128. The van der Waals surface area contributed by atoms with Crippen LogP contribution in [0.25, 0.3) is 0 Å². The van der Waals surface area contributed by atoms with Gasteiger partial charge in [0, 0.05) is 47.7 Å². The maximum atomic E-state index is 12.7. The fourth-order valence-corrected chi connectivity index (χ4v) is 3.89. The summed E-state index contributed by atoms with van der Waals surface area (Å²) in [6, 6.07) is 14.3. The summed E-state index contributed by atoms with van der Waals surface area (Å²) in [6.45, 7) is 6.21. The number of aryl methyl sites for hydroxylation is 2. The van der Waals surface area contributed by atoms with Crippen molar-refractivity contribution in [2.24, 2.45) is 0 Å². The number of hydrogen-bond acceptors (Lipinski definition) is 6. The largest absolute Gasteiger partial charge is 0.378 e. The second-order valence-corrected chi connectivity index (χ2v) is 8.45. The molecule has 9 nitrogen and oxygen atoms in total. The molecule has 0 bridgehead atoms. The van der Waals surface area contributed by atoms with E-state index >= 15 is 0 Å². The van der Waals surface area contributed by atoms with Crippen molar-refractivity contribution in [1.82, 2.24) is 9.97 Å². The van der Waals surface area contributed by atoms with Crippen LogP contribution >= 0.6 is 0 Å². The number of H-pyrrole nitrogens is 1. The van der Waals surface area contributed by atoms with E-state index in [1.54, 1.807) is 43.3 Å². The lowest BCUT2D eigenvalue weighted by Crippen LogP contribution is -2.38. The van der Waals surface area contributed by atoms with Crippen molar-refractivity contribution in [3.63, 3.8) is 0 Å².